The smallest absolute Gasteiger partial charge is 0.196 e. The highest BCUT2D eigenvalue weighted by Crippen LogP contribution is 2.33. The molecule has 86 valence electrons. The van der Waals surface area contributed by atoms with Crippen molar-refractivity contribution >= 4 is 11.1 Å². The van der Waals surface area contributed by atoms with Crippen molar-refractivity contribution in [2.24, 2.45) is 5.73 Å². The van der Waals surface area contributed by atoms with Crippen LogP contribution in [0.5, 0.6) is 5.75 Å². The fourth-order valence-electron chi connectivity index (χ4n) is 1.70. The van der Waals surface area contributed by atoms with Gasteiger partial charge in [0.1, 0.15) is 5.52 Å². The van der Waals surface area contributed by atoms with Crippen LogP contribution in [0.15, 0.2) is 16.5 Å². The van der Waals surface area contributed by atoms with Crippen LogP contribution in [0.1, 0.15) is 23.9 Å². The van der Waals surface area contributed by atoms with E-state index in [1.54, 1.807) is 19.1 Å². The summed E-state index contributed by atoms with van der Waals surface area (Å²) in [5.41, 5.74) is 7.35. The van der Waals surface area contributed by atoms with E-state index in [0.717, 1.165) is 0 Å². The predicted octanol–water partition coefficient (Wildman–Crippen LogP) is 1.22. The molecule has 0 fully saturated rings. The van der Waals surface area contributed by atoms with Crippen LogP contribution in [-0.2, 0) is 0 Å². The molecule has 16 heavy (non-hydrogen) atoms. The second-order valence-corrected chi connectivity index (χ2v) is 3.70. The fraction of sp³-hybridized carbons (Fsp3) is 0.364. The van der Waals surface area contributed by atoms with Crippen LogP contribution >= 0.6 is 0 Å². The third-order valence-corrected chi connectivity index (χ3v) is 2.51. The Kier molecular flexibility index (Phi) is 2.80. The van der Waals surface area contributed by atoms with Crippen LogP contribution < -0.4 is 5.73 Å². The zero-order valence-corrected chi connectivity index (χ0v) is 8.97. The van der Waals surface area contributed by atoms with Gasteiger partial charge in [-0.25, -0.2) is 4.98 Å². The lowest BCUT2D eigenvalue weighted by molar-refractivity contribution is 0.275. The van der Waals surface area contributed by atoms with Crippen LogP contribution in [0.2, 0.25) is 0 Å². The molecule has 0 bridgehead atoms. The Hall–Kier alpha value is -1.59. The van der Waals surface area contributed by atoms with Crippen molar-refractivity contribution in [1.82, 2.24) is 4.98 Å². The summed E-state index contributed by atoms with van der Waals surface area (Å²) < 4.78 is 5.29. The maximum absolute atomic E-state index is 9.96. The van der Waals surface area contributed by atoms with E-state index in [1.165, 1.54) is 0 Å². The normalized spacial score (nSPS) is 13.2. The number of nitrogens with zero attached hydrogens (tertiary/aromatic N) is 1. The monoisotopic (exact) mass is 222 g/mol. The topological polar surface area (TPSA) is 92.5 Å². The molecule has 5 nitrogen and oxygen atoms in total. The molecule has 0 saturated heterocycles. The highest BCUT2D eigenvalue weighted by molar-refractivity contribution is 5.80. The van der Waals surface area contributed by atoms with Gasteiger partial charge >= 0.3 is 0 Å². The number of oxazole rings is 1. The van der Waals surface area contributed by atoms with Gasteiger partial charge in [0.2, 0.25) is 0 Å². The Bertz CT molecular complexity index is 507. The number of aryl methyl sites for hydroxylation is 1. The van der Waals surface area contributed by atoms with Crippen LogP contribution in [0, 0.1) is 6.92 Å². The summed E-state index contributed by atoms with van der Waals surface area (Å²) in [6.45, 7) is 1.70. The van der Waals surface area contributed by atoms with E-state index in [4.69, 9.17) is 15.3 Å². The van der Waals surface area contributed by atoms with E-state index in [1.807, 2.05) is 0 Å². The molecule has 2 aromatic rings. The summed E-state index contributed by atoms with van der Waals surface area (Å²) in [5.74, 6) is 0.511. The lowest BCUT2D eigenvalue weighted by atomic mass is 10.0. The molecule has 1 atom stereocenters. The van der Waals surface area contributed by atoms with Crippen LogP contribution in [-0.4, -0.2) is 21.8 Å². The van der Waals surface area contributed by atoms with Gasteiger partial charge in [-0.05, 0) is 12.5 Å². The summed E-state index contributed by atoms with van der Waals surface area (Å²) in [7, 11) is 0. The molecular formula is C11H14N2O3. The Balaban J connectivity index is 2.51. The average molecular weight is 222 g/mol. The van der Waals surface area contributed by atoms with Gasteiger partial charge in [0.25, 0.3) is 0 Å². The van der Waals surface area contributed by atoms with Gasteiger partial charge in [-0.2, -0.15) is 0 Å². The highest BCUT2D eigenvalue weighted by Gasteiger charge is 2.16. The molecule has 0 amide bonds. The molecule has 1 aromatic heterocycles. The van der Waals surface area contributed by atoms with Crippen molar-refractivity contribution in [3.8, 4) is 5.75 Å². The van der Waals surface area contributed by atoms with Gasteiger partial charge in [0.05, 0.1) is 0 Å². The number of benzene rings is 1. The molecule has 4 N–H and O–H groups in total. The van der Waals surface area contributed by atoms with E-state index in [-0.39, 0.29) is 12.4 Å². The number of phenolic OH excluding ortho intramolecular Hbond substituents is 1. The number of aromatic nitrogens is 1. The average Bonchev–Trinajstić information content (AvgIpc) is 2.60. The maximum Gasteiger partial charge on any atom is 0.196 e. The van der Waals surface area contributed by atoms with Crippen molar-refractivity contribution in [3.05, 3.63) is 23.6 Å². The quantitative estimate of drug-likeness (QED) is 0.726. The van der Waals surface area contributed by atoms with Gasteiger partial charge in [0, 0.05) is 25.1 Å². The van der Waals surface area contributed by atoms with Crippen LogP contribution in [0.25, 0.3) is 11.1 Å². The number of fused-ring (bicyclic) bond motifs is 1. The van der Waals surface area contributed by atoms with Gasteiger partial charge in [-0.15, -0.1) is 0 Å². The van der Waals surface area contributed by atoms with Crippen LogP contribution in [0.3, 0.4) is 0 Å². The summed E-state index contributed by atoms with van der Waals surface area (Å²) in [4.78, 5) is 4.10. The largest absolute Gasteiger partial charge is 0.504 e. The highest BCUT2D eigenvalue weighted by atomic mass is 16.4. The maximum atomic E-state index is 9.96. The van der Waals surface area contributed by atoms with E-state index < -0.39 is 6.04 Å². The van der Waals surface area contributed by atoms with Gasteiger partial charge in [0.15, 0.2) is 17.2 Å². The summed E-state index contributed by atoms with van der Waals surface area (Å²) in [5, 5.41) is 18.8. The summed E-state index contributed by atoms with van der Waals surface area (Å²) in [6, 6.07) is 3.05. The molecule has 5 heteroatoms. The standard InChI is InChI=1S/C11H14N2O3/c1-6-13-9-3-2-7(8(12)4-5-14)10(15)11(9)16-6/h2-3,8,14-15H,4-5,12H2,1H3. The van der Waals surface area contributed by atoms with E-state index >= 15 is 0 Å². The zero-order valence-electron chi connectivity index (χ0n) is 8.97. The zero-order chi connectivity index (χ0) is 11.7. The fourth-order valence-corrected chi connectivity index (χ4v) is 1.70. The Morgan fingerprint density at radius 3 is 2.94 bits per heavy atom. The first-order valence-electron chi connectivity index (χ1n) is 5.09. The van der Waals surface area contributed by atoms with Crippen molar-refractivity contribution in [2.75, 3.05) is 6.61 Å². The number of aromatic hydroxyl groups is 1. The molecule has 0 aliphatic rings. The lowest BCUT2D eigenvalue weighted by Gasteiger charge is -2.11. The first kappa shape index (κ1) is 10.9. The second kappa shape index (κ2) is 4.11. The molecule has 0 aliphatic heterocycles. The molecule has 0 aliphatic carbocycles. The Morgan fingerprint density at radius 1 is 1.50 bits per heavy atom. The number of hydrogen-bond acceptors (Lipinski definition) is 5. The molecule has 1 heterocycles. The number of nitrogens with two attached hydrogens (primary N) is 1. The lowest BCUT2D eigenvalue weighted by Crippen LogP contribution is -2.12. The van der Waals surface area contributed by atoms with Gasteiger partial charge in [-0.1, -0.05) is 6.07 Å². The van der Waals surface area contributed by atoms with Crippen LogP contribution in [0.4, 0.5) is 0 Å². The van der Waals surface area contributed by atoms with Crippen molar-refractivity contribution < 1.29 is 14.6 Å². The minimum absolute atomic E-state index is 0.0130. The summed E-state index contributed by atoms with van der Waals surface area (Å²) in [6.07, 6.45) is 0.395. The summed E-state index contributed by atoms with van der Waals surface area (Å²) >= 11 is 0. The molecule has 0 saturated carbocycles. The first-order chi connectivity index (χ1) is 7.63. The molecule has 0 spiro atoms. The molecule has 1 unspecified atom stereocenters. The van der Waals surface area contributed by atoms with Crippen molar-refractivity contribution in [2.45, 2.75) is 19.4 Å². The van der Waals surface area contributed by atoms with E-state index in [0.29, 0.717) is 29.0 Å². The number of rotatable bonds is 3. The van der Waals surface area contributed by atoms with Crippen molar-refractivity contribution in [1.29, 1.82) is 0 Å². The molecular weight excluding hydrogens is 208 g/mol. The Labute approximate surface area is 92.5 Å². The molecule has 2 rings (SSSR count). The number of aliphatic hydroxyl groups excluding tert-OH is 1. The van der Waals surface area contributed by atoms with Gasteiger partial charge < -0.3 is 20.4 Å². The third kappa shape index (κ3) is 1.75. The predicted molar refractivity (Wildman–Crippen MR) is 59.0 cm³/mol. The Morgan fingerprint density at radius 2 is 2.25 bits per heavy atom. The molecule has 0 radical (unpaired) electrons. The number of aliphatic hydroxyl groups is 1. The second-order valence-electron chi connectivity index (χ2n) is 3.70. The number of phenols is 1. The van der Waals surface area contributed by atoms with E-state index in [2.05, 4.69) is 4.98 Å². The minimum atomic E-state index is -0.403. The SMILES string of the molecule is Cc1nc2ccc(C(N)CCO)c(O)c2o1. The van der Waals surface area contributed by atoms with E-state index in [9.17, 15) is 5.11 Å². The van der Waals surface area contributed by atoms with Crippen molar-refractivity contribution in [3.63, 3.8) is 0 Å². The number of hydrogen-bond donors (Lipinski definition) is 3. The van der Waals surface area contributed by atoms with Gasteiger partial charge in [-0.3, -0.25) is 0 Å². The first-order valence-corrected chi connectivity index (χ1v) is 5.09. The molecule has 1 aromatic carbocycles. The minimum Gasteiger partial charge on any atom is -0.504 e. The third-order valence-electron chi connectivity index (χ3n) is 2.51.